The average Bonchev–Trinajstić information content (AvgIpc) is 3.64. The van der Waals surface area contributed by atoms with Crippen LogP contribution in [0.2, 0.25) is 0 Å². The Hall–Kier alpha value is -6.12. The number of benzene rings is 7. The summed E-state index contributed by atoms with van der Waals surface area (Å²) in [6, 6.07) is 38.1. The minimum atomic E-state index is -1.42. The summed E-state index contributed by atoms with van der Waals surface area (Å²) in [5, 5.41) is 0.541. The highest BCUT2D eigenvalue weighted by atomic mass is 79.9. The number of rotatable bonds is 11. The van der Waals surface area contributed by atoms with Crippen molar-refractivity contribution in [2.75, 3.05) is 18.0 Å². The van der Waals surface area contributed by atoms with E-state index in [-0.39, 0.29) is 11.1 Å². The van der Waals surface area contributed by atoms with Crippen molar-refractivity contribution in [3.05, 3.63) is 200 Å². The second-order valence-corrected chi connectivity index (χ2v) is 21.7. The number of fused-ring (bicyclic) bond motifs is 8. The lowest BCUT2D eigenvalue weighted by atomic mass is 9.73. The van der Waals surface area contributed by atoms with Gasteiger partial charge in [-0.3, -0.25) is 0 Å². The van der Waals surface area contributed by atoms with E-state index in [2.05, 4.69) is 71.9 Å². The Morgan fingerprint density at radius 2 is 1.44 bits per heavy atom. The van der Waals surface area contributed by atoms with Crippen LogP contribution in [0.5, 0.6) is 11.5 Å². The van der Waals surface area contributed by atoms with Gasteiger partial charge in [0.05, 0.1) is 10.9 Å². The zero-order valence-corrected chi connectivity index (χ0v) is 42.3. The summed E-state index contributed by atoms with van der Waals surface area (Å²) in [7, 11) is 0. The van der Waals surface area contributed by atoms with Gasteiger partial charge < -0.3 is 14.4 Å². The highest BCUT2D eigenvalue weighted by molar-refractivity contribution is 9.10. The third kappa shape index (κ3) is 8.58. The molecule has 7 aromatic carbocycles. The summed E-state index contributed by atoms with van der Waals surface area (Å²) in [6.07, 6.45) is 15.7. The van der Waals surface area contributed by atoms with Gasteiger partial charge in [0.1, 0.15) is 29.0 Å². The van der Waals surface area contributed by atoms with Gasteiger partial charge in [-0.2, -0.15) is 0 Å². The standard InChI is InChI=1S/C63H59BrF3NO3/c1-4-5-7-11-39-14-16-40(17-15-39)41-22-32-49(33-23-41)70-61(69)43-20-18-42(19-21-43)52-38-63(44-24-28-46(65)29-25-44,45-26-30-48(31-27-45)68-34-8-6-9-35-68)71-60-56-51(36-47(66)37-54(56)67)55-50-12-10-13-53(64)58(50)62(2,3)59(55)57(52)60/h10,12-13,18-33,36-40H,4-9,11,14-17,34-35H2,1-3H3/t39-,40-,63?. The van der Waals surface area contributed by atoms with Crippen LogP contribution in [0.3, 0.4) is 0 Å². The number of halogens is 4. The number of piperidine rings is 1. The second kappa shape index (κ2) is 19.1. The minimum absolute atomic E-state index is 0.145. The van der Waals surface area contributed by atoms with Crippen LogP contribution in [-0.2, 0) is 11.0 Å². The molecule has 2 aliphatic carbocycles. The molecule has 7 aromatic rings. The fourth-order valence-electron chi connectivity index (χ4n) is 12.4. The van der Waals surface area contributed by atoms with Crippen molar-refractivity contribution in [3.63, 3.8) is 0 Å². The Morgan fingerprint density at radius 1 is 0.746 bits per heavy atom. The largest absolute Gasteiger partial charge is 0.472 e. The predicted molar refractivity (Wildman–Crippen MR) is 283 cm³/mol. The number of nitrogens with zero attached hydrogens (tertiary/aromatic N) is 1. The topological polar surface area (TPSA) is 38.8 Å². The quantitative estimate of drug-likeness (QED) is 0.0735. The van der Waals surface area contributed by atoms with Crippen molar-refractivity contribution < 1.29 is 27.4 Å². The number of esters is 1. The van der Waals surface area contributed by atoms with Gasteiger partial charge in [-0.15, -0.1) is 0 Å². The zero-order valence-electron chi connectivity index (χ0n) is 40.7. The lowest BCUT2D eigenvalue weighted by molar-refractivity contribution is 0.0734. The molecule has 11 rings (SSSR count). The monoisotopic (exact) mass is 1010 g/mol. The van der Waals surface area contributed by atoms with Gasteiger partial charge in [-0.25, -0.2) is 18.0 Å². The maximum absolute atomic E-state index is 17.1. The second-order valence-electron chi connectivity index (χ2n) is 20.8. The molecule has 0 bridgehead atoms. The first-order chi connectivity index (χ1) is 34.4. The van der Waals surface area contributed by atoms with E-state index in [0.29, 0.717) is 33.7 Å². The fourth-order valence-corrected chi connectivity index (χ4v) is 13.3. The number of hydrogen-bond donors (Lipinski definition) is 0. The molecule has 0 aromatic heterocycles. The van der Waals surface area contributed by atoms with Gasteiger partial charge in [0.15, 0.2) is 5.60 Å². The summed E-state index contributed by atoms with van der Waals surface area (Å²) in [6.45, 7) is 8.46. The molecule has 0 amide bonds. The zero-order chi connectivity index (χ0) is 49.0. The van der Waals surface area contributed by atoms with Crippen molar-refractivity contribution in [3.8, 4) is 22.6 Å². The lowest BCUT2D eigenvalue weighted by Gasteiger charge is -2.41. The molecule has 71 heavy (non-hydrogen) atoms. The van der Waals surface area contributed by atoms with Crippen molar-refractivity contribution >= 4 is 43.9 Å². The molecule has 8 heteroatoms. The molecule has 0 radical (unpaired) electrons. The van der Waals surface area contributed by atoms with Gasteiger partial charge in [0, 0.05) is 51.4 Å². The molecule has 2 aliphatic heterocycles. The molecule has 362 valence electrons. The summed E-state index contributed by atoms with van der Waals surface area (Å²) in [4.78, 5) is 16.3. The molecule has 2 fully saturated rings. The molecule has 1 atom stereocenters. The van der Waals surface area contributed by atoms with Gasteiger partial charge in [-0.05, 0) is 168 Å². The van der Waals surface area contributed by atoms with Crippen LogP contribution >= 0.6 is 15.9 Å². The van der Waals surface area contributed by atoms with E-state index in [0.717, 1.165) is 87.0 Å². The van der Waals surface area contributed by atoms with E-state index in [1.807, 2.05) is 54.6 Å². The summed E-state index contributed by atoms with van der Waals surface area (Å²) in [5.74, 6) is -0.245. The molecular formula is C63H59BrF3NO3. The Bertz CT molecular complexity index is 3170. The number of unbranched alkanes of at least 4 members (excludes halogenated alkanes) is 2. The smallest absolute Gasteiger partial charge is 0.343 e. The normalized spacial score (nSPS) is 20.2. The first kappa shape index (κ1) is 47.2. The van der Waals surface area contributed by atoms with Crippen LogP contribution < -0.4 is 14.4 Å². The number of carbonyl (C=O) groups is 1. The summed E-state index contributed by atoms with van der Waals surface area (Å²) >= 11 is 3.86. The molecule has 1 saturated carbocycles. The number of hydrogen-bond acceptors (Lipinski definition) is 4. The third-order valence-corrected chi connectivity index (χ3v) is 16.7. The van der Waals surface area contributed by atoms with E-state index in [1.54, 1.807) is 24.3 Å². The summed E-state index contributed by atoms with van der Waals surface area (Å²) in [5.41, 5.74) is 7.59. The van der Waals surface area contributed by atoms with Crippen LogP contribution in [0.15, 0.2) is 138 Å². The van der Waals surface area contributed by atoms with Gasteiger partial charge in [0.25, 0.3) is 0 Å². The fraction of sp³-hybridized carbons (Fsp3) is 0.317. The molecule has 0 spiro atoms. The molecular weight excluding hydrogens is 956 g/mol. The molecule has 4 aliphatic rings. The Balaban J connectivity index is 1.02. The highest BCUT2D eigenvalue weighted by Gasteiger charge is 2.48. The highest BCUT2D eigenvalue weighted by Crippen LogP contribution is 2.62. The maximum Gasteiger partial charge on any atom is 0.343 e. The minimum Gasteiger partial charge on any atom is -0.472 e. The van der Waals surface area contributed by atoms with Crippen molar-refractivity contribution in [1.82, 2.24) is 0 Å². The first-order valence-electron chi connectivity index (χ1n) is 25.7. The number of ether oxygens (including phenoxy) is 2. The Morgan fingerprint density at radius 3 is 2.13 bits per heavy atom. The lowest BCUT2D eigenvalue weighted by Crippen LogP contribution is -2.36. The number of anilines is 1. The van der Waals surface area contributed by atoms with Gasteiger partial charge >= 0.3 is 5.97 Å². The van der Waals surface area contributed by atoms with E-state index >= 15 is 8.78 Å². The van der Waals surface area contributed by atoms with Crippen LogP contribution in [-0.4, -0.2) is 19.1 Å². The van der Waals surface area contributed by atoms with Crippen LogP contribution in [0, 0.1) is 23.4 Å². The maximum atomic E-state index is 17.1. The van der Waals surface area contributed by atoms with Crippen LogP contribution in [0.25, 0.3) is 27.5 Å². The third-order valence-electron chi connectivity index (χ3n) is 16.0. The van der Waals surface area contributed by atoms with E-state index < -0.39 is 34.4 Å². The average molecular weight is 1020 g/mol. The molecule has 0 N–H and O–H groups in total. The predicted octanol–water partition coefficient (Wildman–Crippen LogP) is 17.2. The Labute approximate surface area is 424 Å². The molecule has 2 heterocycles. The molecule has 1 unspecified atom stereocenters. The van der Waals surface area contributed by atoms with E-state index in [9.17, 15) is 9.18 Å². The van der Waals surface area contributed by atoms with E-state index in [1.165, 1.54) is 81.5 Å². The number of carbonyl (C=O) groups excluding carboxylic acids is 1. The van der Waals surface area contributed by atoms with Crippen molar-refractivity contribution in [1.29, 1.82) is 0 Å². The van der Waals surface area contributed by atoms with Gasteiger partial charge in [-0.1, -0.05) is 123 Å². The van der Waals surface area contributed by atoms with Gasteiger partial charge in [0.2, 0.25) is 0 Å². The van der Waals surface area contributed by atoms with Crippen molar-refractivity contribution in [2.45, 2.75) is 108 Å². The van der Waals surface area contributed by atoms with Crippen molar-refractivity contribution in [2.24, 2.45) is 5.92 Å². The SMILES string of the molecule is CCCCC[C@H]1CC[C@H](c2ccc(OC(=O)c3ccc(C4=CC(c5ccc(F)cc5)(c5ccc(N6CCCCC6)cc5)Oc5c4c4c(c6cc(F)cc(F)c56)-c5cccc(Br)c5C4(C)C)cc3)cc2)CC1. The molecule has 4 nitrogen and oxygen atoms in total. The van der Waals surface area contributed by atoms with E-state index in [4.69, 9.17) is 9.47 Å². The first-order valence-corrected chi connectivity index (χ1v) is 26.5. The summed E-state index contributed by atoms with van der Waals surface area (Å²) < 4.78 is 62.1. The molecule has 1 saturated heterocycles. The van der Waals surface area contributed by atoms with Crippen LogP contribution in [0.1, 0.15) is 147 Å². The Kier molecular flexibility index (Phi) is 12.7. The van der Waals surface area contributed by atoms with Crippen LogP contribution in [0.4, 0.5) is 18.9 Å².